The van der Waals surface area contributed by atoms with Crippen molar-refractivity contribution in [3.05, 3.63) is 52.2 Å². The van der Waals surface area contributed by atoms with Crippen LogP contribution in [-0.2, 0) is 6.54 Å². The molecule has 0 radical (unpaired) electrons. The van der Waals surface area contributed by atoms with Crippen LogP contribution in [0.2, 0.25) is 0 Å². The van der Waals surface area contributed by atoms with Crippen molar-refractivity contribution in [3.8, 4) is 11.8 Å². The normalized spacial score (nSPS) is 9.79. The van der Waals surface area contributed by atoms with Crippen molar-refractivity contribution in [2.45, 2.75) is 13.0 Å². The van der Waals surface area contributed by atoms with Crippen LogP contribution in [0.4, 0.5) is 5.69 Å². The molecule has 0 amide bonds. The Labute approximate surface area is 118 Å². The molecule has 2 nitrogen and oxygen atoms in total. The summed E-state index contributed by atoms with van der Waals surface area (Å²) in [6.07, 6.45) is 0.539. The van der Waals surface area contributed by atoms with Crippen molar-refractivity contribution < 1.29 is 5.11 Å². The minimum Gasteiger partial charge on any atom is -0.395 e. The maximum atomic E-state index is 8.69. The smallest absolute Gasteiger partial charge is 0.0772 e. The number of hydrogen-bond acceptors (Lipinski definition) is 3. The van der Waals surface area contributed by atoms with E-state index < -0.39 is 0 Å². The fourth-order valence-electron chi connectivity index (χ4n) is 1.74. The SMILES string of the molecule is CN(Cc1ccc(C#CCCO)s1)c1ccccc1. The molecule has 2 aromatic rings. The van der Waals surface area contributed by atoms with Crippen molar-refractivity contribution in [2.24, 2.45) is 0 Å². The van der Waals surface area contributed by atoms with E-state index in [0.29, 0.717) is 6.42 Å². The van der Waals surface area contributed by atoms with Crippen LogP contribution in [0.1, 0.15) is 16.2 Å². The summed E-state index contributed by atoms with van der Waals surface area (Å²) in [6.45, 7) is 1.01. The monoisotopic (exact) mass is 271 g/mol. The van der Waals surface area contributed by atoms with Crippen LogP contribution in [0.5, 0.6) is 0 Å². The lowest BCUT2D eigenvalue weighted by Crippen LogP contribution is -2.15. The summed E-state index contributed by atoms with van der Waals surface area (Å²) < 4.78 is 0. The zero-order valence-corrected chi connectivity index (χ0v) is 11.8. The third kappa shape index (κ3) is 4.13. The molecule has 19 heavy (non-hydrogen) atoms. The molecule has 1 aromatic heterocycles. The van der Waals surface area contributed by atoms with Crippen molar-refractivity contribution in [1.82, 2.24) is 0 Å². The molecule has 0 saturated heterocycles. The fraction of sp³-hybridized carbons (Fsp3) is 0.250. The summed E-state index contributed by atoms with van der Waals surface area (Å²) in [7, 11) is 2.09. The Bertz CT molecular complexity index is 565. The first-order valence-corrected chi connectivity index (χ1v) is 7.06. The van der Waals surface area contributed by atoms with Crippen LogP contribution in [-0.4, -0.2) is 18.8 Å². The van der Waals surface area contributed by atoms with Gasteiger partial charge >= 0.3 is 0 Å². The van der Waals surface area contributed by atoms with Gasteiger partial charge in [0.05, 0.1) is 18.0 Å². The van der Waals surface area contributed by atoms with E-state index in [4.69, 9.17) is 5.11 Å². The third-order valence-electron chi connectivity index (χ3n) is 2.70. The highest BCUT2D eigenvalue weighted by Crippen LogP contribution is 2.20. The predicted molar refractivity (Wildman–Crippen MR) is 81.4 cm³/mol. The molecule has 98 valence electrons. The summed E-state index contributed by atoms with van der Waals surface area (Å²) >= 11 is 1.71. The zero-order chi connectivity index (χ0) is 13.5. The number of aliphatic hydroxyl groups is 1. The van der Waals surface area contributed by atoms with Crippen LogP contribution in [0.3, 0.4) is 0 Å². The zero-order valence-electron chi connectivity index (χ0n) is 11.0. The topological polar surface area (TPSA) is 23.5 Å². The van der Waals surface area contributed by atoms with Gasteiger partial charge in [-0.2, -0.15) is 0 Å². The summed E-state index contributed by atoms with van der Waals surface area (Å²) in [5.41, 5.74) is 1.21. The molecule has 0 aliphatic rings. The van der Waals surface area contributed by atoms with E-state index in [-0.39, 0.29) is 6.61 Å². The number of benzene rings is 1. The summed E-state index contributed by atoms with van der Waals surface area (Å²) in [6, 6.07) is 14.5. The molecular formula is C16H17NOS. The molecule has 0 saturated carbocycles. The second-order valence-electron chi connectivity index (χ2n) is 4.23. The minimum absolute atomic E-state index is 0.127. The largest absolute Gasteiger partial charge is 0.395 e. The molecule has 0 aliphatic carbocycles. The average Bonchev–Trinajstić information content (AvgIpc) is 2.88. The van der Waals surface area contributed by atoms with Gasteiger partial charge in [0.1, 0.15) is 0 Å². The number of thiophene rings is 1. The van der Waals surface area contributed by atoms with Gasteiger partial charge in [0, 0.05) is 24.0 Å². The first kappa shape index (κ1) is 13.7. The predicted octanol–water partition coefficient (Wildman–Crippen LogP) is 3.12. The highest BCUT2D eigenvalue weighted by Gasteiger charge is 2.03. The highest BCUT2D eigenvalue weighted by molar-refractivity contribution is 7.12. The van der Waals surface area contributed by atoms with Gasteiger partial charge in [-0.15, -0.1) is 11.3 Å². The molecule has 0 aliphatic heterocycles. The van der Waals surface area contributed by atoms with Gasteiger partial charge in [-0.3, -0.25) is 0 Å². The van der Waals surface area contributed by atoms with Gasteiger partial charge < -0.3 is 10.0 Å². The van der Waals surface area contributed by atoms with Gasteiger partial charge in [0.15, 0.2) is 0 Å². The van der Waals surface area contributed by atoms with Gasteiger partial charge in [0.2, 0.25) is 0 Å². The lowest BCUT2D eigenvalue weighted by Gasteiger charge is -2.17. The number of aliphatic hydroxyl groups excluding tert-OH is 1. The molecule has 1 aromatic carbocycles. The minimum atomic E-state index is 0.127. The molecule has 0 fully saturated rings. The average molecular weight is 271 g/mol. The van der Waals surface area contributed by atoms with Crippen molar-refractivity contribution >= 4 is 17.0 Å². The summed E-state index contributed by atoms with van der Waals surface area (Å²) in [5, 5.41) is 8.69. The maximum absolute atomic E-state index is 8.69. The van der Waals surface area contributed by atoms with Crippen LogP contribution in [0.15, 0.2) is 42.5 Å². The molecule has 0 atom stereocenters. The number of rotatable bonds is 4. The Morgan fingerprint density at radius 2 is 1.95 bits per heavy atom. The van der Waals surface area contributed by atoms with Crippen LogP contribution < -0.4 is 4.90 Å². The van der Waals surface area contributed by atoms with Crippen molar-refractivity contribution in [1.29, 1.82) is 0 Å². The van der Waals surface area contributed by atoms with E-state index in [1.807, 2.05) is 24.3 Å². The number of hydrogen-bond donors (Lipinski definition) is 1. The van der Waals surface area contributed by atoms with Gasteiger partial charge in [-0.05, 0) is 24.3 Å². The Kier molecular flexibility index (Phi) is 5.02. The quantitative estimate of drug-likeness (QED) is 0.864. The second-order valence-corrected chi connectivity index (χ2v) is 5.40. The van der Waals surface area contributed by atoms with Gasteiger partial charge in [-0.1, -0.05) is 30.0 Å². The van der Waals surface area contributed by atoms with E-state index in [1.54, 1.807) is 11.3 Å². The Hall–Kier alpha value is -1.76. The highest BCUT2D eigenvalue weighted by atomic mass is 32.1. The molecule has 0 spiro atoms. The summed E-state index contributed by atoms with van der Waals surface area (Å²) in [5.74, 6) is 6.02. The third-order valence-corrected chi connectivity index (χ3v) is 3.69. The Morgan fingerprint density at radius 3 is 2.68 bits per heavy atom. The molecule has 1 heterocycles. The maximum Gasteiger partial charge on any atom is 0.0772 e. The van der Waals surface area contributed by atoms with Crippen molar-refractivity contribution in [2.75, 3.05) is 18.6 Å². The molecule has 3 heteroatoms. The molecule has 0 unspecified atom stereocenters. The Morgan fingerprint density at radius 1 is 1.16 bits per heavy atom. The standard InChI is InChI=1S/C16H17NOS/c1-17(14-7-3-2-4-8-14)13-16-11-10-15(19-16)9-5-6-12-18/h2-4,7-8,10-11,18H,6,12-13H2,1H3. The van der Waals surface area contributed by atoms with Gasteiger partial charge in [-0.25, -0.2) is 0 Å². The molecular weight excluding hydrogens is 254 g/mol. The van der Waals surface area contributed by atoms with Crippen LogP contribution >= 0.6 is 11.3 Å². The Balaban J connectivity index is 1.99. The molecule has 2 rings (SSSR count). The molecule has 1 N–H and O–H groups in total. The van der Waals surface area contributed by atoms with E-state index in [0.717, 1.165) is 11.4 Å². The number of para-hydroxylation sites is 1. The number of anilines is 1. The first-order valence-electron chi connectivity index (χ1n) is 6.24. The lowest BCUT2D eigenvalue weighted by atomic mass is 10.3. The van der Waals surface area contributed by atoms with E-state index in [9.17, 15) is 0 Å². The summed E-state index contributed by atoms with van der Waals surface area (Å²) in [4.78, 5) is 4.57. The molecule has 0 bridgehead atoms. The fourth-order valence-corrected chi connectivity index (χ4v) is 2.68. The van der Waals surface area contributed by atoms with Crippen molar-refractivity contribution in [3.63, 3.8) is 0 Å². The van der Waals surface area contributed by atoms with Crippen LogP contribution in [0.25, 0.3) is 0 Å². The first-order chi connectivity index (χ1) is 9.29. The van der Waals surface area contributed by atoms with E-state index in [2.05, 4.69) is 42.0 Å². The van der Waals surface area contributed by atoms with E-state index in [1.165, 1.54) is 10.6 Å². The second kappa shape index (κ2) is 6.98. The van der Waals surface area contributed by atoms with E-state index >= 15 is 0 Å². The van der Waals surface area contributed by atoms with Crippen LogP contribution in [0, 0.1) is 11.8 Å². The van der Waals surface area contributed by atoms with Gasteiger partial charge in [0.25, 0.3) is 0 Å². The number of nitrogens with zero attached hydrogens (tertiary/aromatic N) is 1. The lowest BCUT2D eigenvalue weighted by molar-refractivity contribution is 0.305.